The van der Waals surface area contributed by atoms with Crippen molar-refractivity contribution in [3.8, 4) is 0 Å². The van der Waals surface area contributed by atoms with E-state index in [9.17, 15) is 9.59 Å². The highest BCUT2D eigenvalue weighted by Crippen LogP contribution is 2.24. The molecule has 0 spiro atoms. The van der Waals surface area contributed by atoms with Gasteiger partial charge in [0.2, 0.25) is 0 Å². The lowest BCUT2D eigenvalue weighted by Gasteiger charge is -2.11. The van der Waals surface area contributed by atoms with E-state index >= 15 is 0 Å². The second kappa shape index (κ2) is 7.54. The molecule has 3 aromatic rings. The molecule has 3 heterocycles. The van der Waals surface area contributed by atoms with Crippen molar-refractivity contribution in [3.05, 3.63) is 65.0 Å². The highest BCUT2D eigenvalue weighted by Gasteiger charge is 2.25. The minimum atomic E-state index is -0.516. The van der Waals surface area contributed by atoms with Crippen molar-refractivity contribution in [1.29, 1.82) is 0 Å². The monoisotopic (exact) mass is 393 g/mol. The van der Waals surface area contributed by atoms with Crippen molar-refractivity contribution in [2.24, 2.45) is 5.92 Å². The lowest BCUT2D eigenvalue weighted by molar-refractivity contribution is 0.0452. The summed E-state index contributed by atoms with van der Waals surface area (Å²) in [5, 5.41) is 7.22. The zero-order valence-electron chi connectivity index (χ0n) is 16.7. The molecule has 0 radical (unpaired) electrons. The lowest BCUT2D eigenvalue weighted by atomic mass is 10.1. The standard InChI is InChI=1S/C21H23N5O3/c1-13(2)12-29-21(28)18-11-25-10-16-5-4-15(9-26-14(3)6-7-22-26)8-17(16)24-20(27)19(25)23-18/h4-8,11,13H,9-10,12H2,1-3H3,(H,24,27). The summed E-state index contributed by atoms with van der Waals surface area (Å²) in [6, 6.07) is 7.91. The quantitative estimate of drug-likeness (QED) is 0.673. The van der Waals surface area contributed by atoms with Crippen LogP contribution in [0.5, 0.6) is 0 Å². The third kappa shape index (κ3) is 3.91. The van der Waals surface area contributed by atoms with E-state index in [2.05, 4.69) is 15.4 Å². The van der Waals surface area contributed by atoms with Crippen molar-refractivity contribution in [1.82, 2.24) is 19.3 Å². The topological polar surface area (TPSA) is 91.0 Å². The number of esters is 1. The van der Waals surface area contributed by atoms with Gasteiger partial charge in [-0.2, -0.15) is 5.10 Å². The Labute approximate surface area is 168 Å². The van der Waals surface area contributed by atoms with Gasteiger partial charge in [-0.05, 0) is 36.1 Å². The number of fused-ring (bicyclic) bond motifs is 2. The number of benzene rings is 1. The summed E-state index contributed by atoms with van der Waals surface area (Å²) in [7, 11) is 0. The second-order valence-electron chi connectivity index (χ2n) is 7.65. The lowest BCUT2D eigenvalue weighted by Crippen LogP contribution is -2.15. The van der Waals surface area contributed by atoms with Crippen molar-refractivity contribution in [3.63, 3.8) is 0 Å². The zero-order valence-corrected chi connectivity index (χ0v) is 16.7. The smallest absolute Gasteiger partial charge is 0.358 e. The number of hydrogen-bond donors (Lipinski definition) is 1. The first-order valence-electron chi connectivity index (χ1n) is 9.56. The molecule has 0 saturated carbocycles. The molecule has 0 fully saturated rings. The Morgan fingerprint density at radius 3 is 2.86 bits per heavy atom. The SMILES string of the molecule is Cc1ccnn1Cc1ccc2c(c1)NC(=O)c1nc(C(=O)OCC(C)C)cn1C2. The maximum atomic E-state index is 12.7. The minimum Gasteiger partial charge on any atom is -0.461 e. The molecule has 2 aromatic heterocycles. The number of carbonyl (C=O) groups excluding carboxylic acids is 2. The molecule has 1 amide bonds. The van der Waals surface area contributed by atoms with Crippen molar-refractivity contribution in [2.45, 2.75) is 33.9 Å². The Balaban J connectivity index is 1.57. The molecule has 0 saturated heterocycles. The number of nitrogens with one attached hydrogen (secondary N) is 1. The van der Waals surface area contributed by atoms with Crippen LogP contribution in [-0.4, -0.2) is 37.8 Å². The van der Waals surface area contributed by atoms with Crippen LogP contribution in [0.25, 0.3) is 0 Å². The number of rotatable bonds is 5. The molecule has 8 heteroatoms. The van der Waals surface area contributed by atoms with Gasteiger partial charge in [0.25, 0.3) is 5.91 Å². The molecule has 4 rings (SSSR count). The van der Waals surface area contributed by atoms with Crippen molar-refractivity contribution >= 4 is 17.6 Å². The Kier molecular flexibility index (Phi) is 4.92. The largest absolute Gasteiger partial charge is 0.461 e. The number of ether oxygens (including phenoxy) is 1. The fraction of sp³-hybridized carbons (Fsp3) is 0.333. The number of imidazole rings is 1. The summed E-state index contributed by atoms with van der Waals surface area (Å²) in [5.74, 6) is -0.437. The van der Waals surface area contributed by atoms with E-state index < -0.39 is 5.97 Å². The molecule has 0 atom stereocenters. The maximum Gasteiger partial charge on any atom is 0.358 e. The van der Waals surface area contributed by atoms with E-state index in [0.717, 1.165) is 22.5 Å². The molecule has 0 unspecified atom stereocenters. The van der Waals surface area contributed by atoms with Crippen molar-refractivity contribution in [2.75, 3.05) is 11.9 Å². The van der Waals surface area contributed by atoms with Crippen LogP contribution in [0.15, 0.2) is 36.7 Å². The third-order valence-electron chi connectivity index (χ3n) is 4.76. The third-order valence-corrected chi connectivity index (χ3v) is 4.76. The van der Waals surface area contributed by atoms with Crippen LogP contribution < -0.4 is 5.32 Å². The predicted octanol–water partition coefficient (Wildman–Crippen LogP) is 2.86. The Hall–Kier alpha value is -3.42. The first-order chi connectivity index (χ1) is 13.9. The van der Waals surface area contributed by atoms with E-state index in [0.29, 0.717) is 19.7 Å². The van der Waals surface area contributed by atoms with Gasteiger partial charge in [0.15, 0.2) is 11.5 Å². The number of aryl methyl sites for hydroxylation is 1. The Bertz CT molecular complexity index is 1080. The van der Waals surface area contributed by atoms with Gasteiger partial charge in [0, 0.05) is 23.8 Å². The van der Waals surface area contributed by atoms with E-state index in [-0.39, 0.29) is 23.3 Å². The van der Waals surface area contributed by atoms with Crippen LogP contribution in [0.1, 0.15) is 51.8 Å². The Morgan fingerprint density at radius 2 is 2.14 bits per heavy atom. The first kappa shape index (κ1) is 18.9. The van der Waals surface area contributed by atoms with Gasteiger partial charge in [-0.25, -0.2) is 9.78 Å². The summed E-state index contributed by atoms with van der Waals surface area (Å²) < 4.78 is 8.81. The van der Waals surface area contributed by atoms with E-state index in [1.54, 1.807) is 17.0 Å². The molecule has 29 heavy (non-hydrogen) atoms. The van der Waals surface area contributed by atoms with E-state index in [1.807, 2.05) is 49.7 Å². The summed E-state index contributed by atoms with van der Waals surface area (Å²) in [4.78, 5) is 29.1. The van der Waals surface area contributed by atoms with Crippen LogP contribution in [0, 0.1) is 12.8 Å². The highest BCUT2D eigenvalue weighted by molar-refractivity contribution is 6.04. The predicted molar refractivity (Wildman–Crippen MR) is 107 cm³/mol. The minimum absolute atomic E-state index is 0.144. The number of hydrogen-bond acceptors (Lipinski definition) is 5. The average Bonchev–Trinajstić information content (AvgIpc) is 3.25. The summed E-state index contributed by atoms with van der Waals surface area (Å²) in [5.41, 5.74) is 3.93. The normalized spacial score (nSPS) is 12.9. The number of nitrogens with zero attached hydrogens (tertiary/aromatic N) is 4. The summed E-state index contributed by atoms with van der Waals surface area (Å²) in [6.45, 7) is 7.30. The number of aromatic nitrogens is 4. The number of amides is 1. The second-order valence-corrected chi connectivity index (χ2v) is 7.65. The van der Waals surface area contributed by atoms with Gasteiger partial charge in [-0.3, -0.25) is 9.48 Å². The van der Waals surface area contributed by atoms with Crippen LogP contribution in [0.3, 0.4) is 0 Å². The molecule has 1 aliphatic rings. The first-order valence-corrected chi connectivity index (χ1v) is 9.56. The summed E-state index contributed by atoms with van der Waals surface area (Å²) in [6.07, 6.45) is 3.34. The van der Waals surface area contributed by atoms with Crippen molar-refractivity contribution < 1.29 is 14.3 Å². The van der Waals surface area contributed by atoms with Gasteiger partial charge in [-0.1, -0.05) is 26.0 Å². The number of carbonyl (C=O) groups is 2. The molecular formula is C21H23N5O3. The maximum absolute atomic E-state index is 12.7. The van der Waals surface area contributed by atoms with Gasteiger partial charge in [0.1, 0.15) is 0 Å². The van der Waals surface area contributed by atoms with Crippen LogP contribution >= 0.6 is 0 Å². The van der Waals surface area contributed by atoms with Gasteiger partial charge < -0.3 is 14.6 Å². The van der Waals surface area contributed by atoms with Crippen LogP contribution in [0.4, 0.5) is 5.69 Å². The van der Waals surface area contributed by atoms with Gasteiger partial charge in [-0.15, -0.1) is 0 Å². The fourth-order valence-corrected chi connectivity index (χ4v) is 3.21. The zero-order chi connectivity index (χ0) is 20.5. The number of anilines is 1. The molecule has 0 bridgehead atoms. The van der Waals surface area contributed by atoms with Crippen LogP contribution in [-0.2, 0) is 17.8 Å². The summed E-state index contributed by atoms with van der Waals surface area (Å²) >= 11 is 0. The van der Waals surface area contributed by atoms with Crippen LogP contribution in [0.2, 0.25) is 0 Å². The fourth-order valence-electron chi connectivity index (χ4n) is 3.21. The molecule has 1 aromatic carbocycles. The van der Waals surface area contributed by atoms with E-state index in [1.165, 1.54) is 0 Å². The molecule has 0 aliphatic carbocycles. The van der Waals surface area contributed by atoms with Gasteiger partial charge >= 0.3 is 5.97 Å². The highest BCUT2D eigenvalue weighted by atomic mass is 16.5. The molecule has 150 valence electrons. The molecule has 1 aliphatic heterocycles. The molecule has 8 nitrogen and oxygen atoms in total. The Morgan fingerprint density at radius 1 is 1.31 bits per heavy atom. The average molecular weight is 393 g/mol. The van der Waals surface area contributed by atoms with E-state index in [4.69, 9.17) is 4.74 Å². The molecular weight excluding hydrogens is 370 g/mol. The van der Waals surface area contributed by atoms with Gasteiger partial charge in [0.05, 0.1) is 19.7 Å². The molecule has 1 N–H and O–H groups in total.